The number of hydrogen-bond acceptors (Lipinski definition) is 3. The van der Waals surface area contributed by atoms with Crippen LogP contribution in [-0.2, 0) is 0 Å². The number of halogens is 1. The van der Waals surface area contributed by atoms with Gasteiger partial charge in [-0.15, -0.1) is 15.0 Å². The molecule has 6 heteroatoms. The molecule has 0 bridgehead atoms. The molecular weight excluding hydrogens is 166 g/mol. The predicted molar refractivity (Wildman–Crippen MR) is 36.9 cm³/mol. The van der Waals surface area contributed by atoms with E-state index >= 15 is 0 Å². The zero-order valence-electron chi connectivity index (χ0n) is 5.35. The van der Waals surface area contributed by atoms with Gasteiger partial charge in [-0.1, -0.05) is 11.6 Å². The van der Waals surface area contributed by atoms with Crippen LogP contribution >= 0.6 is 11.6 Å². The molecule has 2 heterocycles. The molecule has 2 aromatic heterocycles. The van der Waals surface area contributed by atoms with Crippen LogP contribution in [0.3, 0.4) is 0 Å². The van der Waals surface area contributed by atoms with Gasteiger partial charge in [0.25, 0.3) is 0 Å². The average Bonchev–Trinajstić information content (AvgIpc) is 2.55. The fourth-order valence-corrected chi connectivity index (χ4v) is 0.816. The summed E-state index contributed by atoms with van der Waals surface area (Å²) < 4.78 is 0. The molecule has 0 aliphatic rings. The van der Waals surface area contributed by atoms with Gasteiger partial charge in [-0.3, -0.25) is 0 Å². The molecule has 5 nitrogen and oxygen atoms in total. The molecule has 11 heavy (non-hydrogen) atoms. The predicted octanol–water partition coefficient (Wildman–Crippen LogP) is 0.240. The minimum absolute atomic E-state index is 0.417. The quantitative estimate of drug-likeness (QED) is 0.613. The van der Waals surface area contributed by atoms with Crippen LogP contribution in [0.15, 0.2) is 18.5 Å². The van der Waals surface area contributed by atoms with Crippen molar-refractivity contribution < 1.29 is 0 Å². The smallest absolute Gasteiger partial charge is 0.153 e. The highest BCUT2D eigenvalue weighted by Crippen LogP contribution is 2.01. The maximum absolute atomic E-state index is 5.57. The molecule has 0 fully saturated rings. The summed E-state index contributed by atoms with van der Waals surface area (Å²) in [6.07, 6.45) is 5.75. The molecule has 0 atom stereocenters. The van der Waals surface area contributed by atoms with Crippen LogP contribution in [0.2, 0.25) is 5.15 Å². The van der Waals surface area contributed by atoms with Crippen LogP contribution in [-0.4, -0.2) is 25.0 Å². The van der Waals surface area contributed by atoms with E-state index in [-0.39, 0.29) is 0 Å². The molecule has 0 aliphatic heterocycles. The van der Waals surface area contributed by atoms with Crippen LogP contribution in [0.1, 0.15) is 0 Å². The maximum Gasteiger partial charge on any atom is 0.153 e. The molecule has 0 aromatic carbocycles. The lowest BCUT2D eigenvalue weighted by Gasteiger charge is -1.95. The van der Waals surface area contributed by atoms with Crippen molar-refractivity contribution in [3.8, 4) is 0 Å². The number of aromatic nitrogens is 5. The Balaban J connectivity index is 2.45. The molecule has 2 aromatic rings. The minimum atomic E-state index is 0.417. The van der Waals surface area contributed by atoms with Gasteiger partial charge in [0.2, 0.25) is 0 Å². The van der Waals surface area contributed by atoms with Gasteiger partial charge < -0.3 is 0 Å². The first kappa shape index (κ1) is 6.36. The van der Waals surface area contributed by atoms with Crippen LogP contribution in [0, 0.1) is 6.20 Å². The van der Waals surface area contributed by atoms with E-state index in [1.807, 2.05) is 0 Å². The number of nitrogens with zero attached hydrogens (tertiary/aromatic N) is 5. The van der Waals surface area contributed by atoms with E-state index in [2.05, 4.69) is 21.6 Å². The Morgan fingerprint density at radius 1 is 1.45 bits per heavy atom. The molecule has 0 aliphatic carbocycles. The summed E-state index contributed by atoms with van der Waals surface area (Å²) in [5, 5.41) is 11.4. The van der Waals surface area contributed by atoms with Gasteiger partial charge in [0.1, 0.15) is 6.20 Å². The summed E-state index contributed by atoms with van der Waals surface area (Å²) in [5.74, 6) is 0. The zero-order chi connectivity index (χ0) is 7.68. The Morgan fingerprint density at radius 3 is 2.91 bits per heavy atom. The van der Waals surface area contributed by atoms with Crippen LogP contribution < -0.4 is 0 Å². The fourth-order valence-electron chi connectivity index (χ4n) is 0.682. The molecule has 0 N–H and O–H groups in total. The van der Waals surface area contributed by atoms with E-state index in [0.717, 1.165) is 0 Å². The molecule has 0 spiro atoms. The Labute approximate surface area is 67.2 Å². The highest BCUT2D eigenvalue weighted by molar-refractivity contribution is 6.29. The van der Waals surface area contributed by atoms with E-state index in [4.69, 9.17) is 11.6 Å². The van der Waals surface area contributed by atoms with Crippen molar-refractivity contribution in [1.82, 2.24) is 25.0 Å². The topological polar surface area (TPSA) is 48.5 Å². The van der Waals surface area contributed by atoms with Crippen molar-refractivity contribution in [3.05, 3.63) is 29.8 Å². The molecule has 1 radical (unpaired) electrons. The monoisotopic (exact) mass is 168 g/mol. The lowest BCUT2D eigenvalue weighted by Crippen LogP contribution is -2.10. The van der Waals surface area contributed by atoms with Gasteiger partial charge in [-0.05, 0) is 11.3 Å². The third-order valence-corrected chi connectivity index (χ3v) is 1.32. The third kappa shape index (κ3) is 1.10. The minimum Gasteiger partial charge on any atom is -0.156 e. The van der Waals surface area contributed by atoms with E-state index in [1.54, 1.807) is 18.5 Å². The lowest BCUT2D eigenvalue weighted by molar-refractivity contribution is 0.490. The Kier molecular flexibility index (Phi) is 1.36. The van der Waals surface area contributed by atoms with Gasteiger partial charge >= 0.3 is 0 Å². The van der Waals surface area contributed by atoms with Gasteiger partial charge in [0.15, 0.2) is 5.15 Å². The van der Waals surface area contributed by atoms with Crippen molar-refractivity contribution in [2.45, 2.75) is 0 Å². The first-order valence-electron chi connectivity index (χ1n) is 2.86. The Morgan fingerprint density at radius 2 is 2.36 bits per heavy atom. The molecule has 2 rings (SSSR count). The molecular formula is C5H3ClN5. The van der Waals surface area contributed by atoms with Gasteiger partial charge in [0, 0.05) is 0 Å². The Hall–Kier alpha value is -1.36. The van der Waals surface area contributed by atoms with Crippen molar-refractivity contribution in [2.75, 3.05) is 0 Å². The standard InChI is InChI=1S/C5H3ClN5/c6-5-1-3-10(8-5)11-4-2-7-9-11/h1,3-4H. The van der Waals surface area contributed by atoms with E-state index < -0.39 is 0 Å². The molecule has 55 valence electrons. The maximum atomic E-state index is 5.57. The summed E-state index contributed by atoms with van der Waals surface area (Å²) in [5.41, 5.74) is 0. The molecule has 0 unspecified atom stereocenters. The summed E-state index contributed by atoms with van der Waals surface area (Å²) in [4.78, 5) is 2.86. The second-order valence-electron chi connectivity index (χ2n) is 1.83. The number of hydrogen-bond donors (Lipinski definition) is 0. The van der Waals surface area contributed by atoms with Gasteiger partial charge in [-0.25, -0.2) is 0 Å². The first-order chi connectivity index (χ1) is 5.36. The fraction of sp³-hybridized carbons (Fsp3) is 0. The van der Waals surface area contributed by atoms with E-state index in [0.29, 0.717) is 5.15 Å². The highest BCUT2D eigenvalue weighted by Gasteiger charge is 1.96. The zero-order valence-corrected chi connectivity index (χ0v) is 6.10. The van der Waals surface area contributed by atoms with Crippen molar-refractivity contribution in [1.29, 1.82) is 0 Å². The first-order valence-corrected chi connectivity index (χ1v) is 3.24. The second kappa shape index (κ2) is 2.35. The summed E-state index contributed by atoms with van der Waals surface area (Å²) in [6.45, 7) is 0. The van der Waals surface area contributed by atoms with Gasteiger partial charge in [0.05, 0.1) is 12.4 Å². The summed E-state index contributed by atoms with van der Waals surface area (Å²) >= 11 is 5.57. The average molecular weight is 169 g/mol. The largest absolute Gasteiger partial charge is 0.156 e. The highest BCUT2D eigenvalue weighted by atomic mass is 35.5. The summed E-state index contributed by atoms with van der Waals surface area (Å²) in [6, 6.07) is 1.66. The third-order valence-electron chi connectivity index (χ3n) is 1.12. The Bertz CT molecular complexity index is 337. The van der Waals surface area contributed by atoms with Crippen molar-refractivity contribution in [3.63, 3.8) is 0 Å². The molecule has 0 saturated carbocycles. The number of rotatable bonds is 1. The SMILES string of the molecule is Clc1ccn(-n2c[c]nn2)n1. The lowest BCUT2D eigenvalue weighted by atomic mass is 10.8. The summed E-state index contributed by atoms with van der Waals surface area (Å²) in [7, 11) is 0. The van der Waals surface area contributed by atoms with E-state index in [1.165, 1.54) is 9.58 Å². The normalized spacial score (nSPS) is 10.3. The van der Waals surface area contributed by atoms with Gasteiger partial charge in [-0.2, -0.15) is 4.79 Å². The van der Waals surface area contributed by atoms with Crippen LogP contribution in [0.5, 0.6) is 0 Å². The van der Waals surface area contributed by atoms with Crippen LogP contribution in [0.4, 0.5) is 0 Å². The molecule has 0 saturated heterocycles. The second-order valence-corrected chi connectivity index (χ2v) is 2.21. The van der Waals surface area contributed by atoms with Crippen molar-refractivity contribution in [2.24, 2.45) is 0 Å². The molecule has 0 amide bonds. The van der Waals surface area contributed by atoms with E-state index in [9.17, 15) is 0 Å². The van der Waals surface area contributed by atoms with Crippen molar-refractivity contribution >= 4 is 11.6 Å². The van der Waals surface area contributed by atoms with Crippen LogP contribution in [0.25, 0.3) is 0 Å².